The van der Waals surface area contributed by atoms with E-state index in [0.717, 1.165) is 19.3 Å². The molecule has 0 saturated carbocycles. The van der Waals surface area contributed by atoms with E-state index in [1.807, 2.05) is 4.90 Å². The monoisotopic (exact) mass is 332 g/mol. The number of carbonyl (C=O) groups excluding carboxylic acids is 1. The van der Waals surface area contributed by atoms with E-state index < -0.39 is 10.0 Å². The summed E-state index contributed by atoms with van der Waals surface area (Å²) in [5, 5.41) is 0. The number of ether oxygens (including phenoxy) is 2. The summed E-state index contributed by atoms with van der Waals surface area (Å²) in [6.45, 7) is 3.13. The highest BCUT2D eigenvalue weighted by atomic mass is 32.2. The van der Waals surface area contributed by atoms with Crippen LogP contribution in [-0.2, 0) is 24.3 Å². The number of fused-ring (bicyclic) bond motifs is 1. The first kappa shape index (κ1) is 16.2. The van der Waals surface area contributed by atoms with E-state index in [2.05, 4.69) is 0 Å². The second-order valence-corrected chi connectivity index (χ2v) is 8.35. The van der Waals surface area contributed by atoms with Gasteiger partial charge in [0.15, 0.2) is 0 Å². The van der Waals surface area contributed by atoms with E-state index in [0.29, 0.717) is 39.4 Å². The first-order chi connectivity index (χ1) is 10.4. The third kappa shape index (κ3) is 3.45. The molecule has 7 nitrogen and oxygen atoms in total. The van der Waals surface area contributed by atoms with E-state index in [1.165, 1.54) is 10.6 Å². The summed E-state index contributed by atoms with van der Waals surface area (Å²) in [5.41, 5.74) is 0. The van der Waals surface area contributed by atoms with Gasteiger partial charge in [0.25, 0.3) is 5.91 Å². The van der Waals surface area contributed by atoms with Crippen molar-refractivity contribution in [3.05, 3.63) is 0 Å². The molecule has 8 heteroatoms. The normalized spacial score (nSPS) is 34.2. The van der Waals surface area contributed by atoms with Gasteiger partial charge in [-0.2, -0.15) is 4.31 Å². The van der Waals surface area contributed by atoms with Gasteiger partial charge in [-0.1, -0.05) is 0 Å². The molecule has 3 heterocycles. The number of likely N-dealkylation sites (tertiary alicyclic amines) is 1. The van der Waals surface area contributed by atoms with Gasteiger partial charge in [-0.05, 0) is 19.3 Å². The first-order valence-corrected chi connectivity index (χ1v) is 9.77. The quantitative estimate of drug-likeness (QED) is 0.692. The Morgan fingerprint density at radius 1 is 1.09 bits per heavy atom. The molecule has 126 valence electrons. The number of nitrogens with zero attached hydrogens (tertiary/aromatic N) is 2. The molecule has 3 rings (SSSR count). The predicted octanol–water partition coefficient (Wildman–Crippen LogP) is -0.326. The fourth-order valence-corrected chi connectivity index (χ4v) is 4.37. The summed E-state index contributed by atoms with van der Waals surface area (Å²) in [4.78, 5) is 14.3. The van der Waals surface area contributed by atoms with E-state index >= 15 is 0 Å². The predicted molar refractivity (Wildman–Crippen MR) is 79.8 cm³/mol. The summed E-state index contributed by atoms with van der Waals surface area (Å²) in [7, 11) is -3.19. The van der Waals surface area contributed by atoms with Gasteiger partial charge in [0.2, 0.25) is 10.0 Å². The van der Waals surface area contributed by atoms with Crippen molar-refractivity contribution in [1.82, 2.24) is 9.21 Å². The number of hydrogen-bond donors (Lipinski definition) is 0. The van der Waals surface area contributed by atoms with Crippen LogP contribution in [0.25, 0.3) is 0 Å². The molecular weight excluding hydrogens is 308 g/mol. The Morgan fingerprint density at radius 2 is 1.91 bits per heavy atom. The summed E-state index contributed by atoms with van der Waals surface area (Å²) in [6.07, 6.45) is 3.38. The number of hydrogen-bond acceptors (Lipinski definition) is 5. The Labute approximate surface area is 131 Å². The largest absolute Gasteiger partial charge is 0.375 e. The van der Waals surface area contributed by atoms with Crippen LogP contribution in [0.2, 0.25) is 0 Å². The van der Waals surface area contributed by atoms with Gasteiger partial charge < -0.3 is 14.4 Å². The molecule has 0 aromatic carbocycles. The van der Waals surface area contributed by atoms with Crippen molar-refractivity contribution >= 4 is 15.9 Å². The minimum absolute atomic E-state index is 0.0590. The fraction of sp³-hybridized carbons (Fsp3) is 0.929. The Hall–Kier alpha value is -0.700. The van der Waals surface area contributed by atoms with Crippen LogP contribution in [0.5, 0.6) is 0 Å². The molecule has 0 aromatic heterocycles. The van der Waals surface area contributed by atoms with Gasteiger partial charge in [0.05, 0.1) is 19.0 Å². The molecule has 3 saturated heterocycles. The lowest BCUT2D eigenvalue weighted by Gasteiger charge is -2.38. The van der Waals surface area contributed by atoms with Crippen molar-refractivity contribution in [3.63, 3.8) is 0 Å². The summed E-state index contributed by atoms with van der Waals surface area (Å²) < 4.78 is 36.3. The van der Waals surface area contributed by atoms with Crippen LogP contribution < -0.4 is 0 Å². The molecule has 1 amide bonds. The molecule has 0 aromatic rings. The van der Waals surface area contributed by atoms with Gasteiger partial charge in [-0.15, -0.1) is 0 Å². The lowest BCUT2D eigenvalue weighted by atomic mass is 9.93. The van der Waals surface area contributed by atoms with Gasteiger partial charge in [0, 0.05) is 38.7 Å². The maximum absolute atomic E-state index is 12.4. The summed E-state index contributed by atoms with van der Waals surface area (Å²) in [5.74, 6) is 0.217. The topological polar surface area (TPSA) is 76.2 Å². The average Bonchev–Trinajstić information content (AvgIpc) is 2.91. The third-order valence-corrected chi connectivity index (χ3v) is 6.06. The Morgan fingerprint density at radius 3 is 2.59 bits per heavy atom. The standard InChI is InChI=1S/C14H24N2O5S/c1-22(18,19)16-6-8-21-13-10-15(5-4-11(13)9-16)14(17)12-3-2-7-20-12/h11-13H,2-10H2,1H3/t11-,12-,13-/m0/s1. The number of rotatable bonds is 2. The Balaban J connectivity index is 1.63. The highest BCUT2D eigenvalue weighted by Gasteiger charge is 2.39. The second-order valence-electron chi connectivity index (χ2n) is 6.36. The fourth-order valence-electron chi connectivity index (χ4n) is 3.50. The lowest BCUT2D eigenvalue weighted by Crippen LogP contribution is -2.51. The van der Waals surface area contributed by atoms with Gasteiger partial charge in [0.1, 0.15) is 6.10 Å². The molecule has 0 N–H and O–H groups in total. The molecule has 0 spiro atoms. The zero-order valence-electron chi connectivity index (χ0n) is 12.9. The number of carbonyl (C=O) groups is 1. The van der Waals surface area contributed by atoms with Crippen LogP contribution in [0, 0.1) is 5.92 Å². The van der Waals surface area contributed by atoms with Crippen molar-refractivity contribution in [2.75, 3.05) is 45.6 Å². The highest BCUT2D eigenvalue weighted by Crippen LogP contribution is 2.26. The molecule has 3 atom stereocenters. The van der Waals surface area contributed by atoms with Crippen molar-refractivity contribution in [3.8, 4) is 0 Å². The maximum Gasteiger partial charge on any atom is 0.251 e. The molecule has 3 aliphatic heterocycles. The van der Waals surface area contributed by atoms with E-state index in [4.69, 9.17) is 9.47 Å². The molecule has 22 heavy (non-hydrogen) atoms. The van der Waals surface area contributed by atoms with Crippen LogP contribution >= 0.6 is 0 Å². The smallest absolute Gasteiger partial charge is 0.251 e. The number of sulfonamides is 1. The molecule has 3 fully saturated rings. The van der Waals surface area contributed by atoms with Crippen molar-refractivity contribution < 1.29 is 22.7 Å². The average molecular weight is 332 g/mol. The zero-order chi connectivity index (χ0) is 15.7. The SMILES string of the molecule is CS(=O)(=O)N1CCO[C@H]2CN(C(=O)[C@@H]3CCCO3)CC[C@H]2C1. The Kier molecular flexibility index (Phi) is 4.72. The van der Waals surface area contributed by atoms with Crippen molar-refractivity contribution in [1.29, 1.82) is 0 Å². The van der Waals surface area contributed by atoms with Gasteiger partial charge in [-0.25, -0.2) is 8.42 Å². The summed E-state index contributed by atoms with van der Waals surface area (Å²) in [6, 6.07) is 0. The lowest BCUT2D eigenvalue weighted by molar-refractivity contribution is -0.146. The van der Waals surface area contributed by atoms with Crippen molar-refractivity contribution in [2.24, 2.45) is 5.92 Å². The third-order valence-electron chi connectivity index (χ3n) is 4.79. The van der Waals surface area contributed by atoms with Crippen molar-refractivity contribution in [2.45, 2.75) is 31.5 Å². The minimum Gasteiger partial charge on any atom is -0.375 e. The van der Waals surface area contributed by atoms with Crippen LogP contribution in [0.4, 0.5) is 0 Å². The van der Waals surface area contributed by atoms with E-state index in [9.17, 15) is 13.2 Å². The molecule has 0 unspecified atom stereocenters. The first-order valence-electron chi connectivity index (χ1n) is 7.92. The molecular formula is C14H24N2O5S. The molecule has 3 aliphatic rings. The minimum atomic E-state index is -3.19. The molecule has 0 aliphatic carbocycles. The highest BCUT2D eigenvalue weighted by molar-refractivity contribution is 7.88. The van der Waals surface area contributed by atoms with E-state index in [1.54, 1.807) is 0 Å². The number of piperidine rings is 1. The molecule has 0 bridgehead atoms. The van der Waals surface area contributed by atoms with Crippen LogP contribution in [0.3, 0.4) is 0 Å². The van der Waals surface area contributed by atoms with Crippen LogP contribution in [0.15, 0.2) is 0 Å². The van der Waals surface area contributed by atoms with Gasteiger partial charge in [-0.3, -0.25) is 4.79 Å². The number of amides is 1. The van der Waals surface area contributed by atoms with E-state index in [-0.39, 0.29) is 24.0 Å². The van der Waals surface area contributed by atoms with Crippen LogP contribution in [-0.4, -0.2) is 81.4 Å². The Bertz CT molecular complexity index is 517. The second kappa shape index (κ2) is 6.43. The molecule has 0 radical (unpaired) electrons. The van der Waals surface area contributed by atoms with Crippen LogP contribution in [0.1, 0.15) is 19.3 Å². The zero-order valence-corrected chi connectivity index (χ0v) is 13.8. The summed E-state index contributed by atoms with van der Waals surface area (Å²) >= 11 is 0. The van der Waals surface area contributed by atoms with Gasteiger partial charge >= 0.3 is 0 Å². The maximum atomic E-state index is 12.4.